The summed E-state index contributed by atoms with van der Waals surface area (Å²) in [5.41, 5.74) is 2.62. The fourth-order valence-corrected chi connectivity index (χ4v) is 1.92. The molecule has 4 nitrogen and oxygen atoms in total. The fraction of sp³-hybridized carbons (Fsp3) is 0.467. The number of nitrogens with one attached hydrogen (secondary N) is 1. The molecule has 0 saturated heterocycles. The Morgan fingerprint density at radius 1 is 1.53 bits per heavy atom. The van der Waals surface area contributed by atoms with Gasteiger partial charge in [0.15, 0.2) is 0 Å². The highest BCUT2D eigenvalue weighted by Crippen LogP contribution is 2.19. The minimum atomic E-state index is -0.165. The predicted molar refractivity (Wildman–Crippen MR) is 77.1 cm³/mol. The van der Waals surface area contributed by atoms with Crippen LogP contribution in [-0.4, -0.2) is 30.9 Å². The number of aryl methyl sites for hydroxylation is 1. The number of benzene rings is 1. The first-order chi connectivity index (χ1) is 8.99. The zero-order chi connectivity index (χ0) is 14.4. The summed E-state index contributed by atoms with van der Waals surface area (Å²) in [6, 6.07) is 7.87. The third-order valence-corrected chi connectivity index (χ3v) is 2.89. The molecule has 0 aliphatic rings. The van der Waals surface area contributed by atoms with Crippen LogP contribution in [0.15, 0.2) is 18.2 Å². The SMILES string of the molecule is CCNc1cc(C)ccc1C(=O)N(C)CC(C)C#N. The van der Waals surface area contributed by atoms with Crippen LogP contribution >= 0.6 is 0 Å². The lowest BCUT2D eigenvalue weighted by Crippen LogP contribution is -2.31. The molecule has 0 aliphatic carbocycles. The highest BCUT2D eigenvalue weighted by molar-refractivity contribution is 5.99. The van der Waals surface area contributed by atoms with E-state index in [0.29, 0.717) is 12.1 Å². The van der Waals surface area contributed by atoms with E-state index in [1.54, 1.807) is 11.9 Å². The van der Waals surface area contributed by atoms with Gasteiger partial charge >= 0.3 is 0 Å². The second-order valence-corrected chi connectivity index (χ2v) is 4.80. The van der Waals surface area contributed by atoms with E-state index in [-0.39, 0.29) is 11.8 Å². The molecule has 0 bridgehead atoms. The standard InChI is InChI=1S/C15H21N3O/c1-5-17-14-8-11(2)6-7-13(14)15(19)18(4)10-12(3)9-16/h6-8,12,17H,5,10H2,1-4H3. The molecule has 1 aromatic rings. The van der Waals surface area contributed by atoms with Gasteiger partial charge in [0, 0.05) is 25.8 Å². The number of carbonyl (C=O) groups is 1. The van der Waals surface area contributed by atoms with Crippen LogP contribution in [0.2, 0.25) is 0 Å². The van der Waals surface area contributed by atoms with Gasteiger partial charge in [-0.3, -0.25) is 4.79 Å². The van der Waals surface area contributed by atoms with Crippen molar-refractivity contribution < 1.29 is 4.79 Å². The highest BCUT2D eigenvalue weighted by atomic mass is 16.2. The first-order valence-electron chi connectivity index (χ1n) is 6.49. The monoisotopic (exact) mass is 259 g/mol. The van der Waals surface area contributed by atoms with Crippen LogP contribution in [0.5, 0.6) is 0 Å². The molecular weight excluding hydrogens is 238 g/mol. The summed E-state index contributed by atoms with van der Waals surface area (Å²) < 4.78 is 0. The Bertz CT molecular complexity index is 491. The van der Waals surface area contributed by atoms with E-state index in [1.165, 1.54) is 0 Å². The molecular formula is C15H21N3O. The van der Waals surface area contributed by atoms with Crippen molar-refractivity contribution in [3.05, 3.63) is 29.3 Å². The molecule has 0 aromatic heterocycles. The van der Waals surface area contributed by atoms with E-state index in [0.717, 1.165) is 17.8 Å². The topological polar surface area (TPSA) is 56.1 Å². The molecule has 0 spiro atoms. The number of hydrogen-bond acceptors (Lipinski definition) is 3. The normalized spacial score (nSPS) is 11.5. The van der Waals surface area contributed by atoms with Crippen molar-refractivity contribution in [2.24, 2.45) is 5.92 Å². The van der Waals surface area contributed by atoms with Crippen molar-refractivity contribution in [3.63, 3.8) is 0 Å². The first kappa shape index (κ1) is 15.0. The van der Waals surface area contributed by atoms with Crippen LogP contribution in [0, 0.1) is 24.2 Å². The van der Waals surface area contributed by atoms with E-state index in [2.05, 4.69) is 11.4 Å². The highest BCUT2D eigenvalue weighted by Gasteiger charge is 2.17. The van der Waals surface area contributed by atoms with Crippen molar-refractivity contribution in [1.82, 2.24) is 4.90 Å². The van der Waals surface area contributed by atoms with E-state index in [9.17, 15) is 4.79 Å². The largest absolute Gasteiger partial charge is 0.385 e. The second-order valence-electron chi connectivity index (χ2n) is 4.80. The van der Waals surface area contributed by atoms with Gasteiger partial charge in [0.25, 0.3) is 5.91 Å². The molecule has 1 aromatic carbocycles. The summed E-state index contributed by atoms with van der Waals surface area (Å²) in [7, 11) is 1.73. The maximum atomic E-state index is 12.4. The van der Waals surface area contributed by atoms with Gasteiger partial charge in [-0.2, -0.15) is 5.26 Å². The van der Waals surface area contributed by atoms with Gasteiger partial charge in [-0.15, -0.1) is 0 Å². The van der Waals surface area contributed by atoms with Crippen LogP contribution in [0.4, 0.5) is 5.69 Å². The predicted octanol–water partition coefficient (Wildman–Crippen LogP) is 2.66. The second kappa shape index (κ2) is 6.79. The van der Waals surface area contributed by atoms with Crippen LogP contribution in [0.3, 0.4) is 0 Å². The molecule has 0 aliphatic heterocycles. The van der Waals surface area contributed by atoms with Gasteiger partial charge in [-0.05, 0) is 38.5 Å². The lowest BCUT2D eigenvalue weighted by molar-refractivity contribution is 0.0786. The van der Waals surface area contributed by atoms with Gasteiger partial charge in [-0.1, -0.05) is 6.07 Å². The molecule has 1 amide bonds. The molecule has 19 heavy (non-hydrogen) atoms. The molecule has 0 heterocycles. The van der Waals surface area contributed by atoms with Crippen LogP contribution in [0.1, 0.15) is 29.8 Å². The molecule has 0 radical (unpaired) electrons. The number of amides is 1. The summed E-state index contributed by atoms with van der Waals surface area (Å²) in [4.78, 5) is 14.0. The van der Waals surface area contributed by atoms with E-state index in [4.69, 9.17) is 5.26 Å². The molecule has 1 rings (SSSR count). The van der Waals surface area contributed by atoms with Gasteiger partial charge in [0.1, 0.15) is 0 Å². The van der Waals surface area contributed by atoms with Gasteiger partial charge in [0.05, 0.1) is 17.6 Å². The summed E-state index contributed by atoms with van der Waals surface area (Å²) in [6.07, 6.45) is 0. The van der Waals surface area contributed by atoms with Crippen molar-refractivity contribution in [2.75, 3.05) is 25.5 Å². The lowest BCUT2D eigenvalue weighted by atomic mass is 10.1. The average Bonchev–Trinajstić information content (AvgIpc) is 2.38. The minimum Gasteiger partial charge on any atom is -0.385 e. The number of hydrogen-bond donors (Lipinski definition) is 1. The molecule has 1 N–H and O–H groups in total. The van der Waals surface area contributed by atoms with Crippen LogP contribution in [-0.2, 0) is 0 Å². The molecule has 1 atom stereocenters. The Morgan fingerprint density at radius 3 is 2.79 bits per heavy atom. The number of nitriles is 1. The lowest BCUT2D eigenvalue weighted by Gasteiger charge is -2.20. The molecule has 102 valence electrons. The Hall–Kier alpha value is -2.02. The van der Waals surface area contributed by atoms with Crippen LogP contribution in [0.25, 0.3) is 0 Å². The minimum absolute atomic E-state index is 0.0574. The van der Waals surface area contributed by atoms with E-state index in [1.807, 2.05) is 39.0 Å². The maximum Gasteiger partial charge on any atom is 0.255 e. The number of carbonyl (C=O) groups excluding carboxylic acids is 1. The Morgan fingerprint density at radius 2 is 2.21 bits per heavy atom. The zero-order valence-electron chi connectivity index (χ0n) is 12.0. The summed E-state index contributed by atoms with van der Waals surface area (Å²) in [5, 5.41) is 12.0. The Balaban J connectivity index is 2.95. The van der Waals surface area contributed by atoms with E-state index < -0.39 is 0 Å². The van der Waals surface area contributed by atoms with Crippen molar-refractivity contribution in [1.29, 1.82) is 5.26 Å². The number of nitrogens with zero attached hydrogens (tertiary/aromatic N) is 2. The zero-order valence-corrected chi connectivity index (χ0v) is 12.0. The maximum absolute atomic E-state index is 12.4. The van der Waals surface area contributed by atoms with Gasteiger partial charge < -0.3 is 10.2 Å². The summed E-state index contributed by atoms with van der Waals surface area (Å²) in [6.45, 7) is 7.01. The third kappa shape index (κ3) is 3.99. The third-order valence-electron chi connectivity index (χ3n) is 2.89. The van der Waals surface area contributed by atoms with Crippen LogP contribution < -0.4 is 5.32 Å². The summed E-state index contributed by atoms with van der Waals surface area (Å²) in [5.74, 6) is -0.222. The summed E-state index contributed by atoms with van der Waals surface area (Å²) >= 11 is 0. The Kier molecular flexibility index (Phi) is 5.37. The smallest absolute Gasteiger partial charge is 0.255 e. The average molecular weight is 259 g/mol. The first-order valence-corrected chi connectivity index (χ1v) is 6.49. The van der Waals surface area contributed by atoms with Crippen molar-refractivity contribution >= 4 is 11.6 Å². The number of rotatable bonds is 5. The Labute approximate surface area is 115 Å². The van der Waals surface area contributed by atoms with Gasteiger partial charge in [-0.25, -0.2) is 0 Å². The van der Waals surface area contributed by atoms with E-state index >= 15 is 0 Å². The van der Waals surface area contributed by atoms with Crippen molar-refractivity contribution in [3.8, 4) is 6.07 Å². The molecule has 1 unspecified atom stereocenters. The molecule has 0 saturated carbocycles. The van der Waals surface area contributed by atoms with Gasteiger partial charge in [0.2, 0.25) is 0 Å². The quantitative estimate of drug-likeness (QED) is 0.884. The fourth-order valence-electron chi connectivity index (χ4n) is 1.92. The number of anilines is 1. The van der Waals surface area contributed by atoms with Crippen molar-refractivity contribution in [2.45, 2.75) is 20.8 Å². The molecule has 4 heteroatoms. The molecule has 0 fully saturated rings.